The van der Waals surface area contributed by atoms with Crippen molar-refractivity contribution in [3.63, 3.8) is 0 Å². The van der Waals surface area contributed by atoms with Crippen molar-refractivity contribution in [1.29, 1.82) is 0 Å². The van der Waals surface area contributed by atoms with E-state index in [1.54, 1.807) is 6.92 Å². The molecule has 1 atom stereocenters. The van der Waals surface area contributed by atoms with Crippen LogP contribution in [0.5, 0.6) is 5.75 Å². The van der Waals surface area contributed by atoms with Gasteiger partial charge in [-0.3, -0.25) is 9.59 Å². The number of ether oxygens (including phenoxy) is 1. The zero-order valence-corrected chi connectivity index (χ0v) is 17.2. The first-order valence-electron chi connectivity index (χ1n) is 9.86. The van der Waals surface area contributed by atoms with E-state index in [-0.39, 0.29) is 23.0 Å². The fourth-order valence-electron chi connectivity index (χ4n) is 3.08. The fourth-order valence-corrected chi connectivity index (χ4v) is 3.08. The lowest BCUT2D eigenvalue weighted by atomic mass is 10.2. The smallest absolute Gasteiger partial charge is 0.406 e. The highest BCUT2D eigenvalue weighted by atomic mass is 19.4. The Morgan fingerprint density at radius 2 is 2.00 bits per heavy atom. The van der Waals surface area contributed by atoms with Crippen LogP contribution in [0.15, 0.2) is 36.7 Å². The molecule has 10 nitrogen and oxygen atoms in total. The number of aromatic nitrogens is 5. The Bertz CT molecular complexity index is 1210. The second-order valence-electron chi connectivity index (χ2n) is 7.41. The number of primary amides is 1. The normalized spacial score (nSPS) is 14.5. The Morgan fingerprint density at radius 1 is 1.24 bits per heavy atom. The van der Waals surface area contributed by atoms with Gasteiger partial charge in [-0.15, -0.1) is 18.3 Å². The van der Waals surface area contributed by atoms with Crippen LogP contribution in [0, 0.1) is 0 Å². The summed E-state index contributed by atoms with van der Waals surface area (Å²) in [6, 6.07) is 5.35. The van der Waals surface area contributed by atoms with E-state index < -0.39 is 30.0 Å². The molecule has 2 aromatic heterocycles. The van der Waals surface area contributed by atoms with Gasteiger partial charge in [-0.2, -0.15) is 4.68 Å². The van der Waals surface area contributed by atoms with Crippen LogP contribution in [0.2, 0.25) is 0 Å². The monoisotopic (exact) mass is 461 g/mol. The summed E-state index contributed by atoms with van der Waals surface area (Å²) in [6.07, 6.45) is -1.87. The summed E-state index contributed by atoms with van der Waals surface area (Å²) >= 11 is 0. The average molecular weight is 461 g/mol. The molecule has 0 aliphatic heterocycles. The lowest BCUT2D eigenvalue weighted by molar-refractivity contribution is -0.274. The van der Waals surface area contributed by atoms with Crippen molar-refractivity contribution in [3.8, 4) is 11.6 Å². The summed E-state index contributed by atoms with van der Waals surface area (Å²) < 4.78 is 42.7. The molecule has 2 heterocycles. The Balaban J connectivity index is 1.60. The van der Waals surface area contributed by atoms with Crippen molar-refractivity contribution in [1.82, 2.24) is 30.0 Å². The maximum atomic E-state index is 12.7. The van der Waals surface area contributed by atoms with Gasteiger partial charge in [-0.05, 0) is 38.0 Å². The molecule has 2 amide bonds. The number of halogens is 3. The predicted molar refractivity (Wildman–Crippen MR) is 106 cm³/mol. The first-order chi connectivity index (χ1) is 15.6. The topological polar surface area (TPSA) is 138 Å². The van der Waals surface area contributed by atoms with E-state index in [1.165, 1.54) is 22.9 Å². The van der Waals surface area contributed by atoms with Crippen molar-refractivity contribution < 1.29 is 27.5 Å². The number of nitrogens with one attached hydrogen (secondary N) is 1. The minimum absolute atomic E-state index is 0.0207. The largest absolute Gasteiger partial charge is 0.573 e. The third-order valence-electron chi connectivity index (χ3n) is 4.78. The van der Waals surface area contributed by atoms with E-state index in [1.807, 2.05) is 0 Å². The van der Waals surface area contributed by atoms with Gasteiger partial charge in [0.05, 0.1) is 6.04 Å². The third-order valence-corrected chi connectivity index (χ3v) is 4.78. The molecule has 1 aromatic carbocycles. The van der Waals surface area contributed by atoms with Gasteiger partial charge in [0, 0.05) is 17.5 Å². The van der Waals surface area contributed by atoms with Gasteiger partial charge in [0.25, 0.3) is 11.8 Å². The zero-order chi connectivity index (χ0) is 23.8. The van der Waals surface area contributed by atoms with Gasteiger partial charge in [0.1, 0.15) is 17.8 Å². The van der Waals surface area contributed by atoms with Crippen molar-refractivity contribution >= 4 is 11.8 Å². The van der Waals surface area contributed by atoms with Gasteiger partial charge in [-0.25, -0.2) is 15.0 Å². The van der Waals surface area contributed by atoms with Crippen molar-refractivity contribution in [2.24, 2.45) is 5.73 Å². The van der Waals surface area contributed by atoms with Crippen LogP contribution in [0.1, 0.15) is 64.2 Å². The molecule has 13 heteroatoms. The molecule has 0 bridgehead atoms. The molecule has 4 rings (SSSR count). The maximum absolute atomic E-state index is 12.7. The summed E-state index contributed by atoms with van der Waals surface area (Å²) in [5, 5.41) is 7.15. The summed E-state index contributed by atoms with van der Waals surface area (Å²) in [7, 11) is 0. The van der Waals surface area contributed by atoms with Gasteiger partial charge in [-0.1, -0.05) is 6.07 Å². The van der Waals surface area contributed by atoms with Crippen LogP contribution in [-0.2, 0) is 0 Å². The number of carbonyl (C=O) groups is 2. The van der Waals surface area contributed by atoms with Crippen LogP contribution in [-0.4, -0.2) is 42.9 Å². The maximum Gasteiger partial charge on any atom is 0.573 e. The molecule has 0 unspecified atom stereocenters. The molecule has 172 valence electrons. The summed E-state index contributed by atoms with van der Waals surface area (Å²) in [6.45, 7) is 1.64. The number of nitrogens with two attached hydrogens (primary N) is 1. The number of amides is 2. The molecule has 1 aliphatic rings. The van der Waals surface area contributed by atoms with Crippen molar-refractivity contribution in [3.05, 3.63) is 59.6 Å². The summed E-state index contributed by atoms with van der Waals surface area (Å²) in [4.78, 5) is 36.6. The number of nitrogens with zero attached hydrogens (tertiary/aromatic N) is 5. The minimum Gasteiger partial charge on any atom is -0.406 e. The standard InChI is InChI=1S/C20H18F3N7O3/c1-10(27-19(32)12-3-2-4-13(7-12)33-20(21,22)23)18-28-17(11-5-6-11)29-30(18)15-8-14(16(24)31)25-9-26-15/h2-4,7-11H,5-6H2,1H3,(H2,24,31)(H,27,32)/t10-/m0/s1. The average Bonchev–Trinajstić information content (AvgIpc) is 3.50. The number of carbonyl (C=O) groups excluding carboxylic acids is 2. The highest BCUT2D eigenvalue weighted by molar-refractivity contribution is 5.94. The van der Waals surface area contributed by atoms with Gasteiger partial charge in [0.15, 0.2) is 17.5 Å². The summed E-state index contributed by atoms with van der Waals surface area (Å²) in [5.41, 5.74) is 5.24. The molecular weight excluding hydrogens is 443 g/mol. The molecule has 0 spiro atoms. The lowest BCUT2D eigenvalue weighted by Gasteiger charge is -2.15. The van der Waals surface area contributed by atoms with E-state index in [0.717, 1.165) is 31.3 Å². The van der Waals surface area contributed by atoms with Crippen molar-refractivity contribution in [2.45, 2.75) is 38.1 Å². The third kappa shape index (κ3) is 5.25. The first kappa shape index (κ1) is 22.2. The molecule has 1 fully saturated rings. The van der Waals surface area contributed by atoms with Crippen LogP contribution in [0.25, 0.3) is 5.82 Å². The van der Waals surface area contributed by atoms with Crippen LogP contribution in [0.4, 0.5) is 13.2 Å². The van der Waals surface area contributed by atoms with E-state index in [9.17, 15) is 22.8 Å². The lowest BCUT2D eigenvalue weighted by Crippen LogP contribution is -2.29. The minimum atomic E-state index is -4.88. The predicted octanol–water partition coefficient (Wildman–Crippen LogP) is 2.42. The number of alkyl halides is 3. The van der Waals surface area contributed by atoms with Crippen molar-refractivity contribution in [2.75, 3.05) is 0 Å². The summed E-state index contributed by atoms with van der Waals surface area (Å²) in [5.74, 6) is -0.602. The van der Waals surface area contributed by atoms with Gasteiger partial charge >= 0.3 is 6.36 Å². The Hall–Kier alpha value is -4.03. The first-order valence-corrected chi connectivity index (χ1v) is 9.86. The second kappa shape index (κ2) is 8.48. The van der Waals surface area contributed by atoms with Crippen LogP contribution in [0.3, 0.4) is 0 Å². The molecule has 3 aromatic rings. The van der Waals surface area contributed by atoms with Gasteiger partial charge < -0.3 is 15.8 Å². The molecule has 0 radical (unpaired) electrons. The highest BCUT2D eigenvalue weighted by Gasteiger charge is 2.32. The Morgan fingerprint density at radius 3 is 2.67 bits per heavy atom. The zero-order valence-electron chi connectivity index (χ0n) is 17.2. The molecule has 33 heavy (non-hydrogen) atoms. The van der Waals surface area contributed by atoms with E-state index in [4.69, 9.17) is 5.73 Å². The molecule has 1 saturated carbocycles. The SMILES string of the molecule is C[C@H](NC(=O)c1cccc(OC(F)(F)F)c1)c1nc(C2CC2)nn1-c1cc(C(N)=O)ncn1. The number of hydrogen-bond acceptors (Lipinski definition) is 7. The van der Waals surface area contributed by atoms with Crippen LogP contribution >= 0.6 is 0 Å². The Labute approximate surface area is 185 Å². The molecule has 1 aliphatic carbocycles. The van der Waals surface area contributed by atoms with Crippen LogP contribution < -0.4 is 15.8 Å². The van der Waals surface area contributed by atoms with E-state index in [0.29, 0.717) is 11.6 Å². The Kier molecular flexibility index (Phi) is 5.70. The van der Waals surface area contributed by atoms with E-state index >= 15 is 0 Å². The van der Waals surface area contributed by atoms with Gasteiger partial charge in [0.2, 0.25) is 0 Å². The molecular formula is C20H18F3N7O3. The quantitative estimate of drug-likeness (QED) is 0.551. The molecule has 3 N–H and O–H groups in total. The van der Waals surface area contributed by atoms with E-state index in [2.05, 4.69) is 30.1 Å². The number of hydrogen-bond donors (Lipinski definition) is 2. The number of rotatable bonds is 7. The molecule has 0 saturated heterocycles. The highest BCUT2D eigenvalue weighted by Crippen LogP contribution is 2.38. The number of benzene rings is 1. The fraction of sp³-hybridized carbons (Fsp3) is 0.300. The second-order valence-corrected chi connectivity index (χ2v) is 7.41.